The SMILES string of the molecule is CC(=O)c1ccc(NC(=O)c2ccc(Nc3ccc(C)cc3)cn2)cc1. The van der Waals surface area contributed by atoms with Crippen molar-refractivity contribution in [3.8, 4) is 0 Å². The van der Waals surface area contributed by atoms with Crippen LogP contribution < -0.4 is 10.6 Å². The lowest BCUT2D eigenvalue weighted by Gasteiger charge is -2.08. The number of Topliss-reactive ketones (excluding diaryl/α,β-unsaturated/α-hetero) is 1. The first-order valence-corrected chi connectivity index (χ1v) is 8.23. The van der Waals surface area contributed by atoms with E-state index in [-0.39, 0.29) is 11.7 Å². The number of aromatic nitrogens is 1. The Morgan fingerprint density at radius 1 is 0.808 bits per heavy atom. The van der Waals surface area contributed by atoms with Crippen LogP contribution in [0.4, 0.5) is 17.1 Å². The molecule has 1 aromatic heterocycles. The summed E-state index contributed by atoms with van der Waals surface area (Å²) in [5, 5.41) is 6.00. The first-order chi connectivity index (χ1) is 12.5. The highest BCUT2D eigenvalue weighted by Gasteiger charge is 2.08. The fraction of sp³-hybridized carbons (Fsp3) is 0.0952. The van der Waals surface area contributed by atoms with Crippen LogP contribution in [0.25, 0.3) is 0 Å². The molecule has 5 heteroatoms. The van der Waals surface area contributed by atoms with Gasteiger partial charge in [0.2, 0.25) is 0 Å². The quantitative estimate of drug-likeness (QED) is 0.664. The van der Waals surface area contributed by atoms with E-state index in [0.29, 0.717) is 16.9 Å². The van der Waals surface area contributed by atoms with Gasteiger partial charge in [-0.2, -0.15) is 0 Å². The van der Waals surface area contributed by atoms with Crippen LogP contribution in [0.2, 0.25) is 0 Å². The Labute approximate surface area is 152 Å². The van der Waals surface area contributed by atoms with Gasteiger partial charge in [0.1, 0.15) is 5.69 Å². The van der Waals surface area contributed by atoms with Crippen molar-refractivity contribution in [2.75, 3.05) is 10.6 Å². The minimum Gasteiger partial charge on any atom is -0.354 e. The molecule has 2 aromatic carbocycles. The molecule has 0 aliphatic carbocycles. The Kier molecular flexibility index (Phi) is 5.08. The molecule has 1 heterocycles. The van der Waals surface area contributed by atoms with Crippen LogP contribution in [0, 0.1) is 6.92 Å². The van der Waals surface area contributed by atoms with Gasteiger partial charge in [0.15, 0.2) is 5.78 Å². The number of nitrogens with zero attached hydrogens (tertiary/aromatic N) is 1. The summed E-state index contributed by atoms with van der Waals surface area (Å²) in [6, 6.07) is 18.2. The average molecular weight is 345 g/mol. The number of rotatable bonds is 5. The van der Waals surface area contributed by atoms with Crippen molar-refractivity contribution in [1.29, 1.82) is 0 Å². The highest BCUT2D eigenvalue weighted by Crippen LogP contribution is 2.17. The monoisotopic (exact) mass is 345 g/mol. The second-order valence-electron chi connectivity index (χ2n) is 6.01. The van der Waals surface area contributed by atoms with E-state index in [2.05, 4.69) is 15.6 Å². The van der Waals surface area contributed by atoms with Crippen molar-refractivity contribution >= 4 is 28.8 Å². The number of benzene rings is 2. The third-order valence-electron chi connectivity index (χ3n) is 3.89. The number of aryl methyl sites for hydroxylation is 1. The third-order valence-corrected chi connectivity index (χ3v) is 3.89. The van der Waals surface area contributed by atoms with E-state index in [1.165, 1.54) is 12.5 Å². The predicted octanol–water partition coefficient (Wildman–Crippen LogP) is 4.59. The highest BCUT2D eigenvalue weighted by molar-refractivity contribution is 6.03. The van der Waals surface area contributed by atoms with Gasteiger partial charge in [-0.3, -0.25) is 9.59 Å². The molecule has 26 heavy (non-hydrogen) atoms. The Balaban J connectivity index is 1.64. The molecule has 3 rings (SSSR count). The van der Waals surface area contributed by atoms with E-state index in [0.717, 1.165) is 11.4 Å². The van der Waals surface area contributed by atoms with Crippen molar-refractivity contribution < 1.29 is 9.59 Å². The van der Waals surface area contributed by atoms with E-state index in [1.807, 2.05) is 31.2 Å². The minimum absolute atomic E-state index is 0.0128. The molecule has 5 nitrogen and oxygen atoms in total. The van der Waals surface area contributed by atoms with E-state index >= 15 is 0 Å². The molecule has 0 atom stereocenters. The smallest absolute Gasteiger partial charge is 0.274 e. The summed E-state index contributed by atoms with van der Waals surface area (Å²) in [5.41, 5.74) is 4.49. The molecule has 130 valence electrons. The van der Waals surface area contributed by atoms with Crippen molar-refractivity contribution in [2.24, 2.45) is 0 Å². The molecule has 0 radical (unpaired) electrons. The van der Waals surface area contributed by atoms with Crippen LogP contribution in [0.5, 0.6) is 0 Å². The van der Waals surface area contributed by atoms with Gasteiger partial charge in [-0.25, -0.2) is 4.98 Å². The summed E-state index contributed by atoms with van der Waals surface area (Å²) in [5.74, 6) is -0.316. The summed E-state index contributed by atoms with van der Waals surface area (Å²) in [6.45, 7) is 3.54. The number of carbonyl (C=O) groups is 2. The fourth-order valence-electron chi connectivity index (χ4n) is 2.39. The molecule has 0 unspecified atom stereocenters. The van der Waals surface area contributed by atoms with Gasteiger partial charge in [0, 0.05) is 16.9 Å². The number of anilines is 3. The van der Waals surface area contributed by atoms with E-state index in [1.54, 1.807) is 42.6 Å². The van der Waals surface area contributed by atoms with Gasteiger partial charge in [-0.1, -0.05) is 17.7 Å². The lowest BCUT2D eigenvalue weighted by Crippen LogP contribution is -2.13. The Morgan fingerprint density at radius 2 is 1.42 bits per heavy atom. The van der Waals surface area contributed by atoms with Crippen LogP contribution in [-0.4, -0.2) is 16.7 Å². The topological polar surface area (TPSA) is 71.1 Å². The van der Waals surface area contributed by atoms with Gasteiger partial charge in [-0.15, -0.1) is 0 Å². The molecule has 0 aliphatic rings. The zero-order valence-corrected chi connectivity index (χ0v) is 14.6. The number of hydrogen-bond donors (Lipinski definition) is 2. The summed E-state index contributed by atoms with van der Waals surface area (Å²) in [7, 11) is 0. The summed E-state index contributed by atoms with van der Waals surface area (Å²) in [6.07, 6.45) is 1.62. The van der Waals surface area contributed by atoms with Crippen molar-refractivity contribution in [3.63, 3.8) is 0 Å². The van der Waals surface area contributed by atoms with Gasteiger partial charge in [0.05, 0.1) is 11.9 Å². The maximum absolute atomic E-state index is 12.3. The Hall–Kier alpha value is -3.47. The third kappa shape index (κ3) is 4.33. The first-order valence-electron chi connectivity index (χ1n) is 8.23. The number of carbonyl (C=O) groups excluding carboxylic acids is 2. The molecule has 0 saturated heterocycles. The zero-order valence-electron chi connectivity index (χ0n) is 14.6. The average Bonchev–Trinajstić information content (AvgIpc) is 2.64. The maximum atomic E-state index is 12.3. The van der Waals surface area contributed by atoms with Crippen LogP contribution in [-0.2, 0) is 0 Å². The van der Waals surface area contributed by atoms with E-state index in [4.69, 9.17) is 0 Å². The number of ketones is 1. The summed E-state index contributed by atoms with van der Waals surface area (Å²) < 4.78 is 0. The lowest BCUT2D eigenvalue weighted by molar-refractivity contribution is 0.101. The minimum atomic E-state index is -0.303. The number of hydrogen-bond acceptors (Lipinski definition) is 4. The van der Waals surface area contributed by atoms with Crippen molar-refractivity contribution in [3.05, 3.63) is 83.7 Å². The largest absolute Gasteiger partial charge is 0.354 e. The second-order valence-corrected chi connectivity index (χ2v) is 6.01. The fourth-order valence-corrected chi connectivity index (χ4v) is 2.39. The van der Waals surface area contributed by atoms with Crippen molar-refractivity contribution in [2.45, 2.75) is 13.8 Å². The Bertz CT molecular complexity index is 915. The summed E-state index contributed by atoms with van der Waals surface area (Å²) >= 11 is 0. The van der Waals surface area contributed by atoms with Gasteiger partial charge >= 0.3 is 0 Å². The van der Waals surface area contributed by atoms with Gasteiger partial charge in [0.25, 0.3) is 5.91 Å². The maximum Gasteiger partial charge on any atom is 0.274 e. The predicted molar refractivity (Wildman–Crippen MR) is 103 cm³/mol. The molecule has 3 aromatic rings. The molecule has 0 aliphatic heterocycles. The molecular weight excluding hydrogens is 326 g/mol. The van der Waals surface area contributed by atoms with Crippen molar-refractivity contribution in [1.82, 2.24) is 4.98 Å². The normalized spacial score (nSPS) is 10.2. The second kappa shape index (κ2) is 7.61. The van der Waals surface area contributed by atoms with Crippen LogP contribution >= 0.6 is 0 Å². The number of amides is 1. The molecule has 0 spiro atoms. The molecule has 0 saturated carbocycles. The van der Waals surface area contributed by atoms with Crippen LogP contribution in [0.15, 0.2) is 66.9 Å². The lowest BCUT2D eigenvalue weighted by atomic mass is 10.1. The molecule has 2 N–H and O–H groups in total. The number of pyridine rings is 1. The highest BCUT2D eigenvalue weighted by atomic mass is 16.2. The molecule has 1 amide bonds. The standard InChI is InChI=1S/C21H19N3O2/c1-14-3-7-17(8-4-14)23-19-11-12-20(22-13-19)21(26)24-18-9-5-16(6-10-18)15(2)25/h3-13,23H,1-2H3,(H,24,26). The van der Waals surface area contributed by atoms with E-state index in [9.17, 15) is 9.59 Å². The molecule has 0 bridgehead atoms. The van der Waals surface area contributed by atoms with E-state index < -0.39 is 0 Å². The zero-order chi connectivity index (χ0) is 18.5. The van der Waals surface area contributed by atoms with Gasteiger partial charge in [-0.05, 0) is 62.4 Å². The molecular formula is C21H19N3O2. The summed E-state index contributed by atoms with van der Waals surface area (Å²) in [4.78, 5) is 27.8. The van der Waals surface area contributed by atoms with Crippen LogP contribution in [0.1, 0.15) is 33.3 Å². The first kappa shape index (κ1) is 17.4. The number of nitrogens with one attached hydrogen (secondary N) is 2. The molecule has 0 fully saturated rings. The van der Waals surface area contributed by atoms with Gasteiger partial charge < -0.3 is 10.6 Å². The Morgan fingerprint density at radius 3 is 2.00 bits per heavy atom. The van der Waals surface area contributed by atoms with Crippen LogP contribution in [0.3, 0.4) is 0 Å².